The van der Waals surface area contributed by atoms with Crippen LogP contribution in [0, 0.1) is 16.7 Å². The van der Waals surface area contributed by atoms with Crippen LogP contribution in [0.5, 0.6) is 0 Å². The van der Waals surface area contributed by atoms with Crippen molar-refractivity contribution in [1.29, 1.82) is 5.26 Å². The molecular formula is C14H18N2O3S. The Morgan fingerprint density at radius 2 is 1.90 bits per heavy atom. The Kier molecular flexibility index (Phi) is 4.90. The van der Waals surface area contributed by atoms with Gasteiger partial charge in [0.25, 0.3) is 0 Å². The molecule has 0 fully saturated rings. The van der Waals surface area contributed by atoms with Crippen molar-refractivity contribution in [3.05, 3.63) is 29.8 Å². The lowest BCUT2D eigenvalue weighted by molar-refractivity contribution is -0.127. The summed E-state index contributed by atoms with van der Waals surface area (Å²) in [7, 11) is -3.21. The fourth-order valence-electron chi connectivity index (χ4n) is 1.52. The van der Waals surface area contributed by atoms with Crippen molar-refractivity contribution in [3.8, 4) is 6.07 Å². The summed E-state index contributed by atoms with van der Waals surface area (Å²) < 4.78 is 22.6. The summed E-state index contributed by atoms with van der Waals surface area (Å²) in [6.45, 7) is 3.64. The van der Waals surface area contributed by atoms with Gasteiger partial charge in [-0.15, -0.1) is 0 Å². The Balaban J connectivity index is 2.73. The van der Waals surface area contributed by atoms with Gasteiger partial charge in [0.1, 0.15) is 5.41 Å². The van der Waals surface area contributed by atoms with Gasteiger partial charge >= 0.3 is 0 Å². The van der Waals surface area contributed by atoms with Crippen LogP contribution in [-0.2, 0) is 21.2 Å². The van der Waals surface area contributed by atoms with E-state index in [0.717, 1.165) is 11.8 Å². The molecule has 0 saturated heterocycles. The number of hydrogen-bond acceptors (Lipinski definition) is 4. The van der Waals surface area contributed by atoms with Crippen LogP contribution in [0.2, 0.25) is 0 Å². The molecule has 1 amide bonds. The Morgan fingerprint density at radius 3 is 2.30 bits per heavy atom. The van der Waals surface area contributed by atoms with Crippen molar-refractivity contribution in [2.24, 2.45) is 5.41 Å². The van der Waals surface area contributed by atoms with Crippen molar-refractivity contribution in [1.82, 2.24) is 5.32 Å². The van der Waals surface area contributed by atoms with Gasteiger partial charge in [-0.3, -0.25) is 4.79 Å². The zero-order chi connectivity index (χ0) is 15.4. The monoisotopic (exact) mass is 294 g/mol. The number of nitrogens with one attached hydrogen (secondary N) is 1. The molecular weight excluding hydrogens is 276 g/mol. The molecule has 0 saturated carbocycles. The van der Waals surface area contributed by atoms with Crippen molar-refractivity contribution in [2.75, 3.05) is 6.26 Å². The second-order valence-electron chi connectivity index (χ2n) is 4.90. The first-order valence-electron chi connectivity index (χ1n) is 6.21. The molecule has 1 unspecified atom stereocenters. The summed E-state index contributed by atoms with van der Waals surface area (Å²) in [6, 6.07) is 8.29. The predicted molar refractivity (Wildman–Crippen MR) is 75.4 cm³/mol. The average Bonchev–Trinajstić information content (AvgIpc) is 2.43. The van der Waals surface area contributed by atoms with Gasteiger partial charge in [-0.1, -0.05) is 19.1 Å². The molecule has 0 aliphatic rings. The lowest BCUT2D eigenvalue weighted by Crippen LogP contribution is -2.37. The summed E-state index contributed by atoms with van der Waals surface area (Å²) in [4.78, 5) is 12.1. The Bertz CT molecular complexity index is 629. The summed E-state index contributed by atoms with van der Waals surface area (Å²) in [5.41, 5.74) is -0.255. The van der Waals surface area contributed by atoms with E-state index < -0.39 is 15.3 Å². The van der Waals surface area contributed by atoms with Crippen LogP contribution in [0.25, 0.3) is 0 Å². The first kappa shape index (κ1) is 16.2. The number of hydrogen-bond donors (Lipinski definition) is 1. The third kappa shape index (κ3) is 3.81. The van der Waals surface area contributed by atoms with Crippen molar-refractivity contribution in [3.63, 3.8) is 0 Å². The van der Waals surface area contributed by atoms with E-state index in [2.05, 4.69) is 5.32 Å². The van der Waals surface area contributed by atoms with Crippen LogP contribution >= 0.6 is 0 Å². The van der Waals surface area contributed by atoms with E-state index in [1.165, 1.54) is 12.1 Å². The molecule has 1 rings (SSSR count). The molecule has 1 N–H and O–H groups in total. The molecule has 6 heteroatoms. The van der Waals surface area contributed by atoms with Gasteiger partial charge in [-0.05, 0) is 31.0 Å². The van der Waals surface area contributed by atoms with Gasteiger partial charge in [-0.25, -0.2) is 8.42 Å². The number of rotatable bonds is 5. The van der Waals surface area contributed by atoms with Crippen LogP contribution < -0.4 is 5.32 Å². The van der Waals surface area contributed by atoms with Gasteiger partial charge in [0, 0.05) is 12.8 Å². The molecule has 0 radical (unpaired) electrons. The standard InChI is InChI=1S/C14H18N2O3S/c1-4-14(2,10-15)13(17)16-9-11-5-7-12(8-6-11)20(3,18)19/h5-8H,4,9H2,1-3H3,(H,16,17). The zero-order valence-electron chi connectivity index (χ0n) is 11.8. The molecule has 0 aliphatic carbocycles. The number of carbonyl (C=O) groups is 1. The number of nitrogens with zero attached hydrogens (tertiary/aromatic N) is 1. The highest BCUT2D eigenvalue weighted by Gasteiger charge is 2.30. The molecule has 1 aromatic rings. The fraction of sp³-hybridized carbons (Fsp3) is 0.429. The van der Waals surface area contributed by atoms with Crippen LogP contribution in [0.3, 0.4) is 0 Å². The van der Waals surface area contributed by atoms with Gasteiger partial charge in [0.05, 0.1) is 11.0 Å². The number of sulfone groups is 1. The Hall–Kier alpha value is -1.87. The molecule has 1 atom stereocenters. The molecule has 0 aromatic heterocycles. The quantitative estimate of drug-likeness (QED) is 0.894. The van der Waals surface area contributed by atoms with Crippen molar-refractivity contribution >= 4 is 15.7 Å². The normalized spacial score (nSPS) is 14.1. The number of benzene rings is 1. The number of nitriles is 1. The van der Waals surface area contributed by atoms with Gasteiger partial charge in [0.2, 0.25) is 5.91 Å². The van der Waals surface area contributed by atoms with Crippen molar-refractivity contribution < 1.29 is 13.2 Å². The Morgan fingerprint density at radius 1 is 1.35 bits per heavy atom. The average molecular weight is 294 g/mol. The summed E-state index contributed by atoms with van der Waals surface area (Å²) >= 11 is 0. The molecule has 0 heterocycles. The molecule has 0 bridgehead atoms. The smallest absolute Gasteiger partial charge is 0.240 e. The predicted octanol–water partition coefficient (Wildman–Crippen LogP) is 1.65. The van der Waals surface area contributed by atoms with Crippen LogP contribution in [-0.4, -0.2) is 20.6 Å². The van der Waals surface area contributed by atoms with E-state index >= 15 is 0 Å². The summed E-state index contributed by atoms with van der Waals surface area (Å²) in [5.74, 6) is -0.324. The first-order valence-corrected chi connectivity index (χ1v) is 8.10. The largest absolute Gasteiger partial charge is 0.351 e. The topological polar surface area (TPSA) is 87.0 Å². The maximum atomic E-state index is 11.9. The molecule has 1 aromatic carbocycles. The summed E-state index contributed by atoms with van der Waals surface area (Å²) in [5, 5.41) is 11.7. The second kappa shape index (κ2) is 6.06. The minimum atomic E-state index is -3.21. The van der Waals surface area contributed by atoms with E-state index in [4.69, 9.17) is 5.26 Å². The lowest BCUT2D eigenvalue weighted by atomic mass is 9.88. The molecule has 20 heavy (non-hydrogen) atoms. The van der Waals surface area contributed by atoms with E-state index in [9.17, 15) is 13.2 Å². The third-order valence-electron chi connectivity index (χ3n) is 3.26. The first-order chi connectivity index (χ1) is 9.23. The van der Waals surface area contributed by atoms with E-state index in [-0.39, 0.29) is 17.3 Å². The molecule has 5 nitrogen and oxygen atoms in total. The Labute approximate surface area is 119 Å². The van der Waals surface area contributed by atoms with E-state index in [1.807, 2.05) is 6.07 Å². The maximum Gasteiger partial charge on any atom is 0.240 e. The number of carbonyl (C=O) groups excluding carboxylic acids is 1. The lowest BCUT2D eigenvalue weighted by Gasteiger charge is -2.18. The highest BCUT2D eigenvalue weighted by molar-refractivity contribution is 7.90. The maximum absolute atomic E-state index is 11.9. The fourth-order valence-corrected chi connectivity index (χ4v) is 2.15. The third-order valence-corrected chi connectivity index (χ3v) is 4.39. The van der Waals surface area contributed by atoms with Crippen LogP contribution in [0.4, 0.5) is 0 Å². The van der Waals surface area contributed by atoms with Gasteiger partial charge in [-0.2, -0.15) is 5.26 Å². The van der Waals surface area contributed by atoms with E-state index in [1.54, 1.807) is 26.0 Å². The van der Waals surface area contributed by atoms with Gasteiger partial charge < -0.3 is 5.32 Å². The highest BCUT2D eigenvalue weighted by atomic mass is 32.2. The molecule has 0 spiro atoms. The van der Waals surface area contributed by atoms with E-state index in [0.29, 0.717) is 6.42 Å². The molecule has 108 valence electrons. The number of amides is 1. The van der Waals surface area contributed by atoms with Gasteiger partial charge in [0.15, 0.2) is 9.84 Å². The van der Waals surface area contributed by atoms with Crippen LogP contribution in [0.1, 0.15) is 25.8 Å². The van der Waals surface area contributed by atoms with Crippen LogP contribution in [0.15, 0.2) is 29.2 Å². The highest BCUT2D eigenvalue weighted by Crippen LogP contribution is 2.19. The summed E-state index contributed by atoms with van der Waals surface area (Å²) in [6.07, 6.45) is 1.58. The zero-order valence-corrected chi connectivity index (χ0v) is 12.6. The molecule has 0 aliphatic heterocycles. The van der Waals surface area contributed by atoms with Crippen molar-refractivity contribution in [2.45, 2.75) is 31.7 Å². The minimum absolute atomic E-state index is 0.239. The second-order valence-corrected chi connectivity index (χ2v) is 6.91. The SMILES string of the molecule is CCC(C)(C#N)C(=O)NCc1ccc(S(C)(=O)=O)cc1. The minimum Gasteiger partial charge on any atom is -0.351 e.